The Morgan fingerprint density at radius 1 is 1.32 bits per heavy atom. The van der Waals surface area contributed by atoms with Crippen LogP contribution in [-0.2, 0) is 6.54 Å². The second-order valence-corrected chi connectivity index (χ2v) is 4.54. The van der Waals surface area contributed by atoms with Gasteiger partial charge in [0.1, 0.15) is 5.82 Å². The summed E-state index contributed by atoms with van der Waals surface area (Å²) in [6.07, 6.45) is 1.74. The lowest BCUT2D eigenvalue weighted by atomic mass is 10.2. The SMILES string of the molecule is Cc1nccc(CNc2cc3c(cc2Cl)OCO3)n1. The van der Waals surface area contributed by atoms with Gasteiger partial charge >= 0.3 is 0 Å². The Bertz CT molecular complexity index is 619. The van der Waals surface area contributed by atoms with Gasteiger partial charge < -0.3 is 14.8 Å². The Kier molecular flexibility index (Phi) is 3.13. The van der Waals surface area contributed by atoms with E-state index in [9.17, 15) is 0 Å². The lowest BCUT2D eigenvalue weighted by Crippen LogP contribution is -2.03. The fourth-order valence-electron chi connectivity index (χ4n) is 1.84. The molecule has 3 rings (SSSR count). The molecule has 0 radical (unpaired) electrons. The highest BCUT2D eigenvalue weighted by Crippen LogP contribution is 2.39. The summed E-state index contributed by atoms with van der Waals surface area (Å²) < 4.78 is 10.6. The summed E-state index contributed by atoms with van der Waals surface area (Å²) in [5, 5.41) is 3.82. The molecule has 19 heavy (non-hydrogen) atoms. The number of halogens is 1. The maximum atomic E-state index is 6.17. The van der Waals surface area contributed by atoms with Crippen molar-refractivity contribution >= 4 is 17.3 Å². The van der Waals surface area contributed by atoms with Crippen LogP contribution in [0, 0.1) is 6.92 Å². The largest absolute Gasteiger partial charge is 0.454 e. The molecule has 0 spiro atoms. The molecule has 6 heteroatoms. The molecule has 5 nitrogen and oxygen atoms in total. The number of aryl methyl sites for hydroxylation is 1. The minimum atomic E-state index is 0.236. The van der Waals surface area contributed by atoms with Gasteiger partial charge in [-0.05, 0) is 13.0 Å². The van der Waals surface area contributed by atoms with Crippen LogP contribution in [0.5, 0.6) is 11.5 Å². The topological polar surface area (TPSA) is 56.3 Å². The zero-order valence-corrected chi connectivity index (χ0v) is 11.1. The predicted molar refractivity (Wildman–Crippen MR) is 71.7 cm³/mol. The summed E-state index contributed by atoms with van der Waals surface area (Å²) in [7, 11) is 0. The molecule has 0 saturated heterocycles. The number of nitrogens with one attached hydrogen (secondary N) is 1. The number of fused-ring (bicyclic) bond motifs is 1. The molecule has 1 aliphatic heterocycles. The summed E-state index contributed by atoms with van der Waals surface area (Å²) in [5.41, 5.74) is 1.70. The molecule has 0 atom stereocenters. The maximum Gasteiger partial charge on any atom is 0.231 e. The molecule has 0 amide bonds. The van der Waals surface area contributed by atoms with Crippen LogP contribution in [0.25, 0.3) is 0 Å². The van der Waals surface area contributed by atoms with Gasteiger partial charge in [0.15, 0.2) is 11.5 Å². The first-order valence-corrected chi connectivity index (χ1v) is 6.22. The highest BCUT2D eigenvalue weighted by atomic mass is 35.5. The van der Waals surface area contributed by atoms with Crippen molar-refractivity contribution < 1.29 is 9.47 Å². The third kappa shape index (κ3) is 2.56. The van der Waals surface area contributed by atoms with E-state index < -0.39 is 0 Å². The van der Waals surface area contributed by atoms with E-state index in [1.807, 2.05) is 19.1 Å². The molecular formula is C13H12ClN3O2. The van der Waals surface area contributed by atoms with E-state index in [1.165, 1.54) is 0 Å². The second-order valence-electron chi connectivity index (χ2n) is 4.13. The van der Waals surface area contributed by atoms with Gasteiger partial charge in [0, 0.05) is 18.3 Å². The van der Waals surface area contributed by atoms with Crippen molar-refractivity contribution in [3.05, 3.63) is 40.9 Å². The van der Waals surface area contributed by atoms with E-state index >= 15 is 0 Å². The van der Waals surface area contributed by atoms with Crippen molar-refractivity contribution in [3.63, 3.8) is 0 Å². The second kappa shape index (κ2) is 4.93. The van der Waals surface area contributed by atoms with Gasteiger partial charge in [0.25, 0.3) is 0 Å². The van der Waals surface area contributed by atoms with Gasteiger partial charge in [0.2, 0.25) is 6.79 Å². The number of aromatic nitrogens is 2. The first-order chi connectivity index (χ1) is 9.22. The van der Waals surface area contributed by atoms with Crippen molar-refractivity contribution in [1.82, 2.24) is 9.97 Å². The normalized spacial score (nSPS) is 12.5. The Balaban J connectivity index is 1.77. The molecule has 0 unspecified atom stereocenters. The summed E-state index contributed by atoms with van der Waals surface area (Å²) in [5.74, 6) is 2.12. The first-order valence-electron chi connectivity index (χ1n) is 5.84. The molecule has 0 fully saturated rings. The van der Waals surface area contributed by atoms with E-state index in [4.69, 9.17) is 21.1 Å². The van der Waals surface area contributed by atoms with Crippen molar-refractivity contribution in [2.45, 2.75) is 13.5 Å². The zero-order valence-electron chi connectivity index (χ0n) is 10.3. The minimum absolute atomic E-state index is 0.236. The van der Waals surface area contributed by atoms with Crippen molar-refractivity contribution in [2.75, 3.05) is 12.1 Å². The van der Waals surface area contributed by atoms with Gasteiger partial charge in [-0.15, -0.1) is 0 Å². The summed E-state index contributed by atoms with van der Waals surface area (Å²) in [6, 6.07) is 5.44. The number of rotatable bonds is 3. The Morgan fingerprint density at radius 2 is 2.11 bits per heavy atom. The van der Waals surface area contributed by atoms with Gasteiger partial charge in [-0.3, -0.25) is 0 Å². The summed E-state index contributed by atoms with van der Waals surface area (Å²) in [6.45, 7) is 2.67. The van der Waals surface area contributed by atoms with E-state index in [0.717, 1.165) is 17.2 Å². The minimum Gasteiger partial charge on any atom is -0.454 e. The van der Waals surface area contributed by atoms with E-state index in [0.29, 0.717) is 23.1 Å². The van der Waals surface area contributed by atoms with E-state index in [1.54, 1.807) is 12.3 Å². The number of anilines is 1. The van der Waals surface area contributed by atoms with Gasteiger partial charge in [-0.1, -0.05) is 11.6 Å². The molecule has 1 aromatic heterocycles. The smallest absolute Gasteiger partial charge is 0.231 e. The van der Waals surface area contributed by atoms with Crippen LogP contribution in [-0.4, -0.2) is 16.8 Å². The maximum absolute atomic E-state index is 6.17. The monoisotopic (exact) mass is 277 g/mol. The Morgan fingerprint density at radius 3 is 2.89 bits per heavy atom. The molecule has 1 aromatic carbocycles. The Labute approximate surface area is 115 Å². The van der Waals surface area contributed by atoms with Gasteiger partial charge in [-0.25, -0.2) is 9.97 Å². The zero-order chi connectivity index (χ0) is 13.2. The average molecular weight is 278 g/mol. The third-order valence-corrected chi connectivity index (χ3v) is 3.07. The fourth-order valence-corrected chi connectivity index (χ4v) is 2.06. The number of benzene rings is 1. The van der Waals surface area contributed by atoms with Crippen LogP contribution in [0.4, 0.5) is 5.69 Å². The van der Waals surface area contributed by atoms with Crippen LogP contribution in [0.2, 0.25) is 5.02 Å². The summed E-state index contributed by atoms with van der Waals surface area (Å²) in [4.78, 5) is 8.38. The molecule has 2 heterocycles. The van der Waals surface area contributed by atoms with Crippen LogP contribution < -0.4 is 14.8 Å². The third-order valence-electron chi connectivity index (χ3n) is 2.76. The number of ether oxygens (including phenoxy) is 2. The quantitative estimate of drug-likeness (QED) is 0.935. The lowest BCUT2D eigenvalue weighted by molar-refractivity contribution is 0.174. The fraction of sp³-hybridized carbons (Fsp3) is 0.231. The van der Waals surface area contributed by atoms with Gasteiger partial charge in [-0.2, -0.15) is 0 Å². The van der Waals surface area contributed by atoms with Crippen LogP contribution in [0.1, 0.15) is 11.5 Å². The highest BCUT2D eigenvalue weighted by Gasteiger charge is 2.16. The van der Waals surface area contributed by atoms with Crippen LogP contribution in [0.3, 0.4) is 0 Å². The molecular weight excluding hydrogens is 266 g/mol. The Hall–Kier alpha value is -2.01. The average Bonchev–Trinajstić information content (AvgIpc) is 2.83. The molecule has 98 valence electrons. The molecule has 0 aliphatic carbocycles. The number of nitrogens with zero attached hydrogens (tertiary/aromatic N) is 2. The molecule has 0 saturated carbocycles. The molecule has 1 N–H and O–H groups in total. The molecule has 1 aliphatic rings. The van der Waals surface area contributed by atoms with E-state index in [2.05, 4.69) is 15.3 Å². The number of hydrogen-bond acceptors (Lipinski definition) is 5. The van der Waals surface area contributed by atoms with E-state index in [-0.39, 0.29) is 6.79 Å². The van der Waals surface area contributed by atoms with Gasteiger partial charge in [0.05, 0.1) is 22.9 Å². The van der Waals surface area contributed by atoms with Crippen molar-refractivity contribution in [2.24, 2.45) is 0 Å². The van der Waals surface area contributed by atoms with Crippen molar-refractivity contribution in [1.29, 1.82) is 0 Å². The summed E-state index contributed by atoms with van der Waals surface area (Å²) >= 11 is 6.17. The highest BCUT2D eigenvalue weighted by molar-refractivity contribution is 6.33. The lowest BCUT2D eigenvalue weighted by Gasteiger charge is -2.09. The predicted octanol–water partition coefficient (Wildman–Crippen LogP) is 2.78. The van der Waals surface area contributed by atoms with Crippen LogP contribution >= 0.6 is 11.6 Å². The first kappa shape index (κ1) is 12.0. The van der Waals surface area contributed by atoms with Crippen LogP contribution in [0.15, 0.2) is 24.4 Å². The molecule has 2 aromatic rings. The van der Waals surface area contributed by atoms with Crippen molar-refractivity contribution in [3.8, 4) is 11.5 Å². The number of hydrogen-bond donors (Lipinski definition) is 1. The molecule has 0 bridgehead atoms. The standard InChI is InChI=1S/C13H12ClN3O2/c1-8-15-3-2-9(17-8)6-16-11-5-13-12(4-10(11)14)18-7-19-13/h2-5,16H,6-7H2,1H3.